The number of fused-ring (bicyclic) bond motifs is 1. The number of hydrogen-bond acceptors (Lipinski definition) is 5. The molecule has 6 nitrogen and oxygen atoms in total. The van der Waals surface area contributed by atoms with E-state index in [1.165, 1.54) is 17.3 Å². The summed E-state index contributed by atoms with van der Waals surface area (Å²) in [6, 6.07) is 13.5. The van der Waals surface area contributed by atoms with Crippen LogP contribution in [-0.2, 0) is 11.2 Å². The Labute approximate surface area is 172 Å². The number of aromatic amines is 1. The van der Waals surface area contributed by atoms with Crippen molar-refractivity contribution >= 4 is 35.0 Å². The number of para-hydroxylation sites is 1. The lowest BCUT2D eigenvalue weighted by molar-refractivity contribution is -0.116. The zero-order valence-corrected chi connectivity index (χ0v) is 17.0. The van der Waals surface area contributed by atoms with E-state index in [0.717, 1.165) is 17.7 Å². The molecule has 0 aliphatic carbocycles. The highest BCUT2D eigenvalue weighted by molar-refractivity contribution is 7.99. The SMILES string of the molecule is COc1ccc(Cl)cc1-c1nc(SCC(=O)N2c3ccccc3CC2C)n[nH]1. The van der Waals surface area contributed by atoms with Crippen molar-refractivity contribution in [3.8, 4) is 17.1 Å². The largest absolute Gasteiger partial charge is 0.496 e. The van der Waals surface area contributed by atoms with Crippen LogP contribution >= 0.6 is 23.4 Å². The smallest absolute Gasteiger partial charge is 0.237 e. The molecule has 1 aliphatic heterocycles. The summed E-state index contributed by atoms with van der Waals surface area (Å²) in [5.41, 5.74) is 2.93. The predicted octanol–water partition coefficient (Wildman–Crippen LogP) is 4.20. The highest BCUT2D eigenvalue weighted by Crippen LogP contribution is 2.33. The molecule has 1 N–H and O–H groups in total. The van der Waals surface area contributed by atoms with Crippen LogP contribution in [0.4, 0.5) is 5.69 Å². The van der Waals surface area contributed by atoms with E-state index >= 15 is 0 Å². The average Bonchev–Trinajstić information content (AvgIpc) is 3.29. The maximum atomic E-state index is 12.8. The summed E-state index contributed by atoms with van der Waals surface area (Å²) in [4.78, 5) is 19.2. The Balaban J connectivity index is 1.47. The maximum absolute atomic E-state index is 12.8. The maximum Gasteiger partial charge on any atom is 0.237 e. The Morgan fingerprint density at radius 1 is 1.36 bits per heavy atom. The highest BCUT2D eigenvalue weighted by atomic mass is 35.5. The van der Waals surface area contributed by atoms with Crippen molar-refractivity contribution in [3.05, 3.63) is 53.1 Å². The van der Waals surface area contributed by atoms with E-state index in [-0.39, 0.29) is 17.7 Å². The Bertz CT molecular complexity index is 1020. The summed E-state index contributed by atoms with van der Waals surface area (Å²) < 4.78 is 5.36. The molecule has 1 amide bonds. The summed E-state index contributed by atoms with van der Waals surface area (Å²) in [5, 5.41) is 8.20. The molecule has 0 bridgehead atoms. The van der Waals surface area contributed by atoms with Gasteiger partial charge in [-0.3, -0.25) is 9.89 Å². The van der Waals surface area contributed by atoms with Gasteiger partial charge in [-0.15, -0.1) is 5.10 Å². The third-order valence-corrected chi connectivity index (χ3v) is 5.75. The van der Waals surface area contributed by atoms with Crippen LogP contribution < -0.4 is 9.64 Å². The molecular weight excluding hydrogens is 396 g/mol. The van der Waals surface area contributed by atoms with Crippen molar-refractivity contribution in [2.24, 2.45) is 0 Å². The molecule has 144 valence electrons. The van der Waals surface area contributed by atoms with Gasteiger partial charge in [0.25, 0.3) is 0 Å². The number of aromatic nitrogens is 3. The monoisotopic (exact) mass is 414 g/mol. The lowest BCUT2D eigenvalue weighted by Crippen LogP contribution is -2.36. The number of rotatable bonds is 5. The minimum absolute atomic E-state index is 0.0501. The quantitative estimate of drug-likeness (QED) is 0.633. The Kier molecular flexibility index (Phi) is 5.28. The third kappa shape index (κ3) is 3.59. The Morgan fingerprint density at radius 3 is 3.00 bits per heavy atom. The first-order valence-corrected chi connectivity index (χ1v) is 10.2. The van der Waals surface area contributed by atoms with Crippen LogP contribution in [0.5, 0.6) is 5.75 Å². The summed E-state index contributed by atoms with van der Waals surface area (Å²) in [6.07, 6.45) is 0.881. The molecular formula is C20H19ClN4O2S. The molecule has 28 heavy (non-hydrogen) atoms. The number of amides is 1. The Hall–Kier alpha value is -2.51. The number of carbonyl (C=O) groups is 1. The third-order valence-electron chi connectivity index (χ3n) is 4.68. The van der Waals surface area contributed by atoms with Crippen LogP contribution in [0.25, 0.3) is 11.4 Å². The molecule has 0 saturated carbocycles. The molecule has 0 spiro atoms. The number of benzene rings is 2. The summed E-state index contributed by atoms with van der Waals surface area (Å²) in [7, 11) is 1.59. The van der Waals surface area contributed by atoms with Crippen LogP contribution in [-0.4, -0.2) is 40.0 Å². The number of thioether (sulfide) groups is 1. The number of nitrogens with one attached hydrogen (secondary N) is 1. The van der Waals surface area contributed by atoms with Gasteiger partial charge in [0.1, 0.15) is 5.75 Å². The summed E-state index contributed by atoms with van der Waals surface area (Å²) in [5.74, 6) is 1.52. The number of carbonyl (C=O) groups excluding carboxylic acids is 1. The van der Waals surface area contributed by atoms with Gasteiger partial charge in [0.15, 0.2) is 5.82 Å². The summed E-state index contributed by atoms with van der Waals surface area (Å²) in [6.45, 7) is 2.07. The number of ether oxygens (including phenoxy) is 1. The number of anilines is 1. The van der Waals surface area contributed by atoms with Gasteiger partial charge in [-0.25, -0.2) is 4.98 Å². The standard InChI is InChI=1S/C20H19ClN4O2S/c1-12-9-13-5-3-4-6-16(13)25(12)18(26)11-28-20-22-19(23-24-20)15-10-14(21)7-8-17(15)27-2/h3-8,10,12H,9,11H2,1-2H3,(H,22,23,24). The van der Waals surface area contributed by atoms with Crippen molar-refractivity contribution in [2.75, 3.05) is 17.8 Å². The first-order valence-electron chi connectivity index (χ1n) is 8.86. The van der Waals surface area contributed by atoms with Gasteiger partial charge < -0.3 is 9.64 Å². The van der Waals surface area contributed by atoms with Gasteiger partial charge in [0.05, 0.1) is 18.4 Å². The van der Waals surface area contributed by atoms with Crippen LogP contribution in [0.2, 0.25) is 5.02 Å². The zero-order chi connectivity index (χ0) is 19.7. The Morgan fingerprint density at radius 2 is 2.18 bits per heavy atom. The fraction of sp³-hybridized carbons (Fsp3) is 0.250. The van der Waals surface area contributed by atoms with Gasteiger partial charge >= 0.3 is 0 Å². The topological polar surface area (TPSA) is 71.1 Å². The number of nitrogens with zero attached hydrogens (tertiary/aromatic N) is 3. The number of methoxy groups -OCH3 is 1. The van der Waals surface area contributed by atoms with Gasteiger partial charge in [0.2, 0.25) is 11.1 Å². The molecule has 4 rings (SSSR count). The van der Waals surface area contributed by atoms with E-state index in [4.69, 9.17) is 16.3 Å². The molecule has 1 aromatic heterocycles. The van der Waals surface area contributed by atoms with Crippen molar-refractivity contribution < 1.29 is 9.53 Å². The van der Waals surface area contributed by atoms with Gasteiger partial charge in [-0.05, 0) is 43.2 Å². The van der Waals surface area contributed by atoms with E-state index in [1.54, 1.807) is 25.3 Å². The fourth-order valence-corrected chi connectivity index (χ4v) is 4.27. The zero-order valence-electron chi connectivity index (χ0n) is 15.5. The van der Waals surface area contributed by atoms with Crippen molar-refractivity contribution in [1.82, 2.24) is 15.2 Å². The van der Waals surface area contributed by atoms with Crippen LogP contribution in [0.1, 0.15) is 12.5 Å². The van der Waals surface area contributed by atoms with Gasteiger partial charge in [-0.2, -0.15) is 0 Å². The second-order valence-electron chi connectivity index (χ2n) is 6.55. The predicted molar refractivity (Wildman–Crippen MR) is 111 cm³/mol. The lowest BCUT2D eigenvalue weighted by atomic mass is 10.1. The second kappa shape index (κ2) is 7.85. The second-order valence-corrected chi connectivity index (χ2v) is 7.92. The molecule has 3 aromatic rings. The van der Waals surface area contributed by atoms with E-state index in [2.05, 4.69) is 28.2 Å². The number of H-pyrrole nitrogens is 1. The van der Waals surface area contributed by atoms with Gasteiger partial charge in [-0.1, -0.05) is 41.6 Å². The lowest BCUT2D eigenvalue weighted by Gasteiger charge is -2.22. The number of halogens is 1. The molecule has 1 unspecified atom stereocenters. The minimum atomic E-state index is 0.0501. The van der Waals surface area contributed by atoms with Crippen molar-refractivity contribution in [2.45, 2.75) is 24.5 Å². The fourth-order valence-electron chi connectivity index (χ4n) is 3.44. The van der Waals surface area contributed by atoms with Crippen LogP contribution in [0.15, 0.2) is 47.6 Å². The molecule has 1 aliphatic rings. The first-order chi connectivity index (χ1) is 13.6. The normalized spacial score (nSPS) is 15.5. The van der Waals surface area contributed by atoms with Crippen LogP contribution in [0, 0.1) is 0 Å². The minimum Gasteiger partial charge on any atom is -0.496 e. The van der Waals surface area contributed by atoms with E-state index in [1.807, 2.05) is 23.1 Å². The molecule has 0 saturated heterocycles. The van der Waals surface area contributed by atoms with Crippen LogP contribution in [0.3, 0.4) is 0 Å². The molecule has 2 aromatic carbocycles. The summed E-state index contributed by atoms with van der Waals surface area (Å²) >= 11 is 7.39. The molecule has 1 atom stereocenters. The molecule has 2 heterocycles. The average molecular weight is 415 g/mol. The molecule has 0 radical (unpaired) electrons. The number of hydrogen-bond donors (Lipinski definition) is 1. The van der Waals surface area contributed by atoms with Crippen molar-refractivity contribution in [3.63, 3.8) is 0 Å². The molecule has 0 fully saturated rings. The molecule has 8 heteroatoms. The van der Waals surface area contributed by atoms with E-state index in [0.29, 0.717) is 21.8 Å². The van der Waals surface area contributed by atoms with E-state index < -0.39 is 0 Å². The van der Waals surface area contributed by atoms with Crippen molar-refractivity contribution in [1.29, 1.82) is 0 Å². The highest BCUT2D eigenvalue weighted by Gasteiger charge is 2.30. The van der Waals surface area contributed by atoms with E-state index in [9.17, 15) is 4.79 Å². The first kappa shape index (κ1) is 18.8. The van der Waals surface area contributed by atoms with Gasteiger partial charge in [0, 0.05) is 16.8 Å².